The van der Waals surface area contributed by atoms with E-state index in [1.165, 1.54) is 34.4 Å². The van der Waals surface area contributed by atoms with E-state index in [0.29, 0.717) is 0 Å². The van der Waals surface area contributed by atoms with Crippen LogP contribution in [-0.4, -0.2) is 48.3 Å². The molecule has 8 bridgehead atoms. The highest BCUT2D eigenvalue weighted by Gasteiger charge is 2.71. The van der Waals surface area contributed by atoms with Crippen LogP contribution in [0.15, 0.2) is 133 Å². The van der Waals surface area contributed by atoms with Gasteiger partial charge in [-0.25, -0.2) is 19.2 Å². The van der Waals surface area contributed by atoms with Crippen molar-refractivity contribution in [3.63, 3.8) is 0 Å². The van der Waals surface area contributed by atoms with Crippen molar-refractivity contribution >= 4 is 23.9 Å². The van der Waals surface area contributed by atoms with Crippen molar-refractivity contribution < 1.29 is 38.1 Å². The molecule has 0 aliphatic heterocycles. The first-order chi connectivity index (χ1) is 40.8. The van der Waals surface area contributed by atoms with E-state index >= 15 is 19.2 Å². The van der Waals surface area contributed by atoms with Crippen molar-refractivity contribution in [1.82, 2.24) is 0 Å². The summed E-state index contributed by atoms with van der Waals surface area (Å²) in [4.78, 5) is 64.3. The van der Waals surface area contributed by atoms with Gasteiger partial charge in [0.1, 0.15) is 24.4 Å². The zero-order valence-corrected chi connectivity index (χ0v) is 53.4. The molecule has 5 aromatic carbocycles. The van der Waals surface area contributed by atoms with Crippen molar-refractivity contribution in [2.24, 2.45) is 90.7 Å². The molecule has 8 fully saturated rings. The van der Waals surface area contributed by atoms with Crippen molar-refractivity contribution in [2.75, 3.05) is 0 Å². The molecule has 0 amide bonds. The zero-order valence-electron chi connectivity index (χ0n) is 53.4. The third-order valence-corrected chi connectivity index (χ3v) is 27.9. The summed E-state index contributed by atoms with van der Waals surface area (Å²) in [5, 5.41) is 0. The van der Waals surface area contributed by atoms with Crippen molar-refractivity contribution in [2.45, 2.75) is 185 Å². The fourth-order valence-corrected chi connectivity index (χ4v) is 21.4. The number of carbonyl (C=O) groups excluding carboxylic acids is 4. The molecule has 8 saturated carbocycles. The van der Waals surface area contributed by atoms with E-state index in [-0.39, 0.29) is 113 Å². The molecule has 5 aromatic rings. The summed E-state index contributed by atoms with van der Waals surface area (Å²) < 4.78 is 28.3. The number of rotatable bonds is 16. The molecule has 0 spiro atoms. The predicted octanol–water partition coefficient (Wildman–Crippen LogP) is 17.0. The first-order valence-corrected chi connectivity index (χ1v) is 32.9. The average molecular weight is 1160 g/mol. The van der Waals surface area contributed by atoms with Crippen LogP contribution >= 0.6 is 0 Å². The molecule has 86 heavy (non-hydrogen) atoms. The van der Waals surface area contributed by atoms with E-state index in [1.54, 1.807) is 0 Å². The predicted molar refractivity (Wildman–Crippen MR) is 336 cm³/mol. The van der Waals surface area contributed by atoms with Gasteiger partial charge in [-0.2, -0.15) is 0 Å². The highest BCUT2D eigenvalue weighted by atomic mass is 16.6. The second-order valence-corrected chi connectivity index (χ2v) is 31.8. The van der Waals surface area contributed by atoms with Gasteiger partial charge < -0.3 is 18.9 Å². The minimum atomic E-state index is -0.709. The van der Waals surface area contributed by atoms with E-state index in [0.717, 1.165) is 77.0 Å². The van der Waals surface area contributed by atoms with Gasteiger partial charge in [-0.1, -0.05) is 204 Å². The van der Waals surface area contributed by atoms with E-state index < -0.39 is 48.3 Å². The van der Waals surface area contributed by atoms with Crippen LogP contribution in [0.2, 0.25) is 0 Å². The lowest BCUT2D eigenvalue weighted by molar-refractivity contribution is -0.0450. The molecule has 0 N–H and O–H groups in total. The quantitative estimate of drug-likeness (QED) is 0.0711. The van der Waals surface area contributed by atoms with Gasteiger partial charge in [0.2, 0.25) is 0 Å². The highest BCUT2D eigenvalue weighted by Crippen LogP contribution is 2.73. The first-order valence-electron chi connectivity index (χ1n) is 32.9. The fourth-order valence-electron chi connectivity index (χ4n) is 21.4. The summed E-state index contributed by atoms with van der Waals surface area (Å²) in [6.07, 6.45) is 8.50. The van der Waals surface area contributed by atoms with Crippen LogP contribution in [0, 0.1) is 90.7 Å². The second-order valence-electron chi connectivity index (χ2n) is 31.8. The van der Waals surface area contributed by atoms with Gasteiger partial charge in [0.25, 0.3) is 0 Å². The van der Waals surface area contributed by atoms with Crippen LogP contribution in [0.4, 0.5) is 0 Å². The Labute approximate surface area is 512 Å². The highest BCUT2D eigenvalue weighted by molar-refractivity contribution is 6.10. The lowest BCUT2D eigenvalue weighted by atomic mass is 9.70. The standard InChI is InChI=1S/C78H94O8/c1-71(2)59-33-37-75(71,9)63(55(59)41-47-25-17-13-18-26-47)83-67(79)51-45-53(69(81)85-65-57(43-49-29-21-15-22-30-49)61-35-39-77(65,11)73(61,5)6)54(70(82)86-66-58(44-50-31-23-16-24-32-50)62-36-40-78(66,12)74(62,7)8)46-52(51)68(80)84-64-56(42-48-27-19-14-20-28-48)60-34-38-76(64,10)72(60,3)4/h13-32,45-46,55-66H,33-44H2,1-12H3/t55-,56-,57-,58-,59?,60?,61?,62?,63-,64-,65-,66-,75-,76-,77-,78-/m1/s1. The SMILES string of the molecule is CC1(C)C2CC[C@]1(C)[C@H](OC(=O)c1cc(C(=O)O[C@@H]3[C@H](Cc4ccccc4)C4CC[C@@]3(C)C4(C)C)c(C(=O)O[C@@H]3[C@H](Cc4ccccc4)C4CC[C@@]3(C)C4(C)C)cc1C(=O)O[C@@H]1[C@H](Cc3ccccc3)C3CC[C@@]1(C)C3(C)C)[C@@H]2Cc1ccccc1. The van der Waals surface area contributed by atoms with Gasteiger partial charge in [-0.3, -0.25) is 0 Å². The number of carbonyl (C=O) groups is 4. The zero-order chi connectivity index (χ0) is 60.7. The van der Waals surface area contributed by atoms with Crippen LogP contribution < -0.4 is 0 Å². The maximum absolute atomic E-state index is 16.1. The molecule has 0 aromatic heterocycles. The van der Waals surface area contributed by atoms with Gasteiger partial charge >= 0.3 is 23.9 Å². The molecule has 0 saturated heterocycles. The summed E-state index contributed by atoms with van der Waals surface area (Å²) in [6.45, 7) is 27.6. The third kappa shape index (κ3) is 8.74. The summed E-state index contributed by atoms with van der Waals surface area (Å²) >= 11 is 0. The Bertz CT molecular complexity index is 2970. The lowest BCUT2D eigenvalue weighted by Gasteiger charge is -2.40. The van der Waals surface area contributed by atoms with E-state index in [4.69, 9.17) is 18.9 Å². The van der Waals surface area contributed by atoms with Gasteiger partial charge in [-0.15, -0.1) is 0 Å². The molecule has 0 heterocycles. The molecule has 4 unspecified atom stereocenters. The van der Waals surface area contributed by atoms with Crippen molar-refractivity contribution in [1.29, 1.82) is 0 Å². The molecule has 8 aliphatic carbocycles. The van der Waals surface area contributed by atoms with E-state index in [2.05, 4.69) is 180 Å². The van der Waals surface area contributed by atoms with Gasteiger partial charge in [0.05, 0.1) is 22.3 Å². The van der Waals surface area contributed by atoms with E-state index in [9.17, 15) is 0 Å². The molecule has 454 valence electrons. The Morgan fingerprint density at radius 1 is 0.314 bits per heavy atom. The van der Waals surface area contributed by atoms with Crippen LogP contribution in [-0.2, 0) is 44.6 Å². The molecule has 8 nitrogen and oxygen atoms in total. The number of hydrogen-bond acceptors (Lipinski definition) is 8. The average Bonchev–Trinajstić information content (AvgIpc) is 1.57. The van der Waals surface area contributed by atoms with Crippen LogP contribution in [0.25, 0.3) is 0 Å². The molecule has 0 radical (unpaired) electrons. The van der Waals surface area contributed by atoms with Crippen LogP contribution in [0.1, 0.15) is 198 Å². The summed E-state index contributed by atoms with van der Waals surface area (Å²) in [5.74, 6) is -1.73. The second kappa shape index (κ2) is 20.8. The van der Waals surface area contributed by atoms with Crippen LogP contribution in [0.5, 0.6) is 0 Å². The maximum Gasteiger partial charge on any atom is 0.339 e. The molecule has 16 atom stereocenters. The topological polar surface area (TPSA) is 105 Å². The largest absolute Gasteiger partial charge is 0.458 e. The van der Waals surface area contributed by atoms with E-state index in [1.807, 2.05) is 24.3 Å². The number of hydrogen-bond donors (Lipinski definition) is 0. The lowest BCUT2D eigenvalue weighted by Crippen LogP contribution is -2.43. The number of benzene rings is 5. The normalized spacial score (nSPS) is 36.7. The third-order valence-electron chi connectivity index (χ3n) is 27.9. The molecular formula is C78H94O8. The Morgan fingerprint density at radius 2 is 0.500 bits per heavy atom. The smallest absolute Gasteiger partial charge is 0.339 e. The van der Waals surface area contributed by atoms with Gasteiger partial charge in [0, 0.05) is 45.3 Å². The number of fused-ring (bicyclic) bond motifs is 8. The van der Waals surface area contributed by atoms with Crippen LogP contribution in [0.3, 0.4) is 0 Å². The van der Waals surface area contributed by atoms with Crippen molar-refractivity contribution in [3.05, 3.63) is 178 Å². The molecular weight excluding hydrogens is 1060 g/mol. The Hall–Kier alpha value is -6.02. The fraction of sp³-hybridized carbons (Fsp3) is 0.564. The maximum atomic E-state index is 16.1. The summed E-state index contributed by atoms with van der Waals surface area (Å²) in [6, 6.07) is 44.8. The summed E-state index contributed by atoms with van der Waals surface area (Å²) in [5.41, 5.74) is 2.15. The number of esters is 4. The number of ether oxygens (including phenoxy) is 4. The monoisotopic (exact) mass is 1160 g/mol. The van der Waals surface area contributed by atoms with Gasteiger partial charge in [-0.05, 0) is 157 Å². The summed E-state index contributed by atoms with van der Waals surface area (Å²) in [7, 11) is 0. The van der Waals surface area contributed by atoms with Crippen molar-refractivity contribution in [3.8, 4) is 0 Å². The Morgan fingerprint density at radius 3 is 0.686 bits per heavy atom. The molecule has 8 aliphatic rings. The molecule has 13 rings (SSSR count). The Kier molecular flexibility index (Phi) is 14.3. The molecule has 8 heteroatoms. The van der Waals surface area contributed by atoms with Gasteiger partial charge in [0.15, 0.2) is 0 Å². The minimum absolute atomic E-state index is 0.00113. The minimum Gasteiger partial charge on any atom is -0.458 e. The first kappa shape index (κ1) is 59.0. The Balaban J connectivity index is 0.951.